The summed E-state index contributed by atoms with van der Waals surface area (Å²) < 4.78 is 1.98. The largest absolute Gasteiger partial charge is 0.301 e. The smallest absolute Gasteiger partial charge is 0.288 e. The molecule has 3 atom stereocenters. The average Bonchev–Trinajstić information content (AvgIpc) is 2.68. The van der Waals surface area contributed by atoms with E-state index in [-0.39, 0.29) is 16.8 Å². The third kappa shape index (κ3) is 3.74. The van der Waals surface area contributed by atoms with E-state index in [1.807, 2.05) is 28.8 Å². The Morgan fingerprint density at radius 1 is 0.793 bits per heavy atom. The molecule has 3 aliphatic rings. The van der Waals surface area contributed by atoms with Gasteiger partial charge in [0.15, 0.2) is 5.15 Å². The van der Waals surface area contributed by atoms with Gasteiger partial charge in [0.2, 0.25) is 0 Å². The Balaban J connectivity index is 1.47. The molecule has 4 nitrogen and oxygen atoms in total. The van der Waals surface area contributed by atoms with Gasteiger partial charge in [0.1, 0.15) is 0 Å². The van der Waals surface area contributed by atoms with Crippen LogP contribution < -0.4 is 5.56 Å². The van der Waals surface area contributed by atoms with Crippen molar-refractivity contribution in [1.82, 2.24) is 14.5 Å². The van der Waals surface area contributed by atoms with Crippen molar-refractivity contribution in [3.8, 4) is 0 Å². The maximum Gasteiger partial charge on any atom is 0.288 e. The van der Waals surface area contributed by atoms with E-state index in [2.05, 4.69) is 9.88 Å². The molecule has 29 heavy (non-hydrogen) atoms. The first-order valence-corrected chi connectivity index (χ1v) is 12.0. The monoisotopic (exact) mass is 413 g/mol. The number of benzene rings is 1. The van der Waals surface area contributed by atoms with Gasteiger partial charge in [-0.05, 0) is 50.7 Å². The fraction of sp³-hybridized carbons (Fsp3) is 0.667. The van der Waals surface area contributed by atoms with Crippen LogP contribution in [-0.4, -0.2) is 32.6 Å². The molecule has 2 saturated heterocycles. The van der Waals surface area contributed by atoms with Crippen molar-refractivity contribution in [3.63, 3.8) is 0 Å². The molecule has 1 aliphatic carbocycles. The summed E-state index contributed by atoms with van der Waals surface area (Å²) in [6.45, 7) is 0. The lowest BCUT2D eigenvalue weighted by atomic mass is 9.79. The Hall–Kier alpha value is -1.39. The molecule has 1 aromatic heterocycles. The minimum atomic E-state index is -0.118. The number of piperidine rings is 2. The van der Waals surface area contributed by atoms with Crippen LogP contribution in [0.4, 0.5) is 0 Å². The molecule has 1 saturated carbocycles. The predicted octanol–water partition coefficient (Wildman–Crippen LogP) is 5.72. The molecule has 2 aromatic rings. The number of hydrogen-bond acceptors (Lipinski definition) is 3. The van der Waals surface area contributed by atoms with Crippen LogP contribution in [-0.2, 0) is 0 Å². The number of halogens is 1. The molecule has 156 valence electrons. The van der Waals surface area contributed by atoms with Gasteiger partial charge in [-0.3, -0.25) is 9.69 Å². The number of hydrogen-bond donors (Lipinski definition) is 0. The minimum absolute atomic E-state index is 0.108. The van der Waals surface area contributed by atoms with Crippen LogP contribution in [0.3, 0.4) is 0 Å². The van der Waals surface area contributed by atoms with Crippen LogP contribution in [0, 0.1) is 0 Å². The second-order valence-corrected chi connectivity index (χ2v) is 9.73. The van der Waals surface area contributed by atoms with Crippen molar-refractivity contribution in [2.45, 2.75) is 101 Å². The molecule has 3 fully saturated rings. The predicted molar refractivity (Wildman–Crippen MR) is 119 cm³/mol. The van der Waals surface area contributed by atoms with Gasteiger partial charge in [-0.15, -0.1) is 0 Å². The summed E-state index contributed by atoms with van der Waals surface area (Å²) >= 11 is 6.26. The molecule has 0 amide bonds. The molecule has 2 bridgehead atoms. The zero-order valence-corrected chi connectivity index (χ0v) is 18.0. The van der Waals surface area contributed by atoms with Gasteiger partial charge in [-0.25, -0.2) is 4.98 Å². The van der Waals surface area contributed by atoms with Crippen molar-refractivity contribution in [2.24, 2.45) is 0 Å². The Kier molecular flexibility index (Phi) is 5.66. The molecule has 0 spiro atoms. The van der Waals surface area contributed by atoms with Gasteiger partial charge < -0.3 is 4.57 Å². The lowest BCUT2D eigenvalue weighted by Crippen LogP contribution is -2.57. The van der Waals surface area contributed by atoms with E-state index < -0.39 is 0 Å². The Morgan fingerprint density at radius 2 is 1.41 bits per heavy atom. The Bertz CT molecular complexity index is 904. The Labute approximate surface area is 178 Å². The van der Waals surface area contributed by atoms with Gasteiger partial charge in [-0.2, -0.15) is 0 Å². The molecule has 5 heteroatoms. The normalized spacial score (nSPS) is 29.5. The van der Waals surface area contributed by atoms with E-state index in [0.29, 0.717) is 12.1 Å². The zero-order chi connectivity index (χ0) is 19.8. The fourth-order valence-corrected chi connectivity index (χ4v) is 6.60. The summed E-state index contributed by atoms with van der Waals surface area (Å²) in [6, 6.07) is 10.1. The zero-order valence-electron chi connectivity index (χ0n) is 17.2. The fourth-order valence-electron chi connectivity index (χ4n) is 6.42. The highest BCUT2D eigenvalue weighted by atomic mass is 35.5. The molecule has 0 radical (unpaired) electrons. The van der Waals surface area contributed by atoms with Gasteiger partial charge >= 0.3 is 0 Å². The summed E-state index contributed by atoms with van der Waals surface area (Å²) in [5.74, 6) is 0. The third-order valence-corrected chi connectivity index (χ3v) is 7.87. The second kappa shape index (κ2) is 8.39. The maximum absolute atomic E-state index is 13.0. The summed E-state index contributed by atoms with van der Waals surface area (Å²) in [4.78, 5) is 20.3. The summed E-state index contributed by atoms with van der Waals surface area (Å²) in [7, 11) is 0. The molecule has 2 aliphatic heterocycles. The van der Waals surface area contributed by atoms with Crippen LogP contribution in [0.5, 0.6) is 0 Å². The molecule has 0 N–H and O–H groups in total. The first kappa shape index (κ1) is 19.6. The number of rotatable bonds is 2. The lowest BCUT2D eigenvalue weighted by molar-refractivity contribution is -0.0246. The molecular formula is C24H32ClN3O. The van der Waals surface area contributed by atoms with Gasteiger partial charge in [0.25, 0.3) is 5.56 Å². The van der Waals surface area contributed by atoms with Crippen molar-refractivity contribution in [3.05, 3.63) is 39.8 Å². The average molecular weight is 414 g/mol. The maximum atomic E-state index is 13.0. The summed E-state index contributed by atoms with van der Waals surface area (Å²) in [5, 5.41) is 0.108. The lowest BCUT2D eigenvalue weighted by Gasteiger charge is -2.53. The number of fused-ring (bicyclic) bond motifs is 3. The number of nitrogens with zero attached hydrogens (tertiary/aromatic N) is 3. The molecule has 1 aromatic carbocycles. The quantitative estimate of drug-likeness (QED) is 0.631. The Morgan fingerprint density at radius 3 is 2.14 bits per heavy atom. The highest BCUT2D eigenvalue weighted by Gasteiger charge is 2.42. The van der Waals surface area contributed by atoms with Crippen molar-refractivity contribution < 1.29 is 0 Å². The van der Waals surface area contributed by atoms with E-state index in [1.165, 1.54) is 64.2 Å². The topological polar surface area (TPSA) is 38.1 Å². The molecule has 3 heterocycles. The summed E-state index contributed by atoms with van der Waals surface area (Å²) in [6.07, 6.45) is 15.7. The van der Waals surface area contributed by atoms with E-state index >= 15 is 0 Å². The molecule has 0 unspecified atom stereocenters. The van der Waals surface area contributed by atoms with Gasteiger partial charge in [0, 0.05) is 24.2 Å². The standard InChI is InChI=1S/C24H32ClN3O/c25-23-24(29)28(22-14-7-6-13-21(22)26-23)20-15-18-11-8-12-19(16-20)27(18)17-9-4-2-1-3-5-10-17/h6-7,13-14,17-20H,1-5,8-12,15-16H2/t18-,19+,20+. The SMILES string of the molecule is O=c1c(Cl)nc2ccccc2n1[C@H]1C[C@H]2CCC[C@@H](C1)N2C1CCCCCCC1. The van der Waals surface area contributed by atoms with E-state index in [4.69, 9.17) is 11.6 Å². The van der Waals surface area contributed by atoms with E-state index in [0.717, 1.165) is 29.9 Å². The minimum Gasteiger partial charge on any atom is -0.301 e. The third-order valence-electron chi connectivity index (χ3n) is 7.62. The van der Waals surface area contributed by atoms with Crippen LogP contribution in [0.15, 0.2) is 29.1 Å². The molecular weight excluding hydrogens is 382 g/mol. The number of para-hydroxylation sites is 2. The van der Waals surface area contributed by atoms with E-state index in [1.54, 1.807) is 0 Å². The van der Waals surface area contributed by atoms with Crippen molar-refractivity contribution in [2.75, 3.05) is 0 Å². The summed E-state index contributed by atoms with van der Waals surface area (Å²) in [5.41, 5.74) is 1.64. The van der Waals surface area contributed by atoms with Crippen LogP contribution in [0.25, 0.3) is 11.0 Å². The highest BCUT2D eigenvalue weighted by Crippen LogP contribution is 2.42. The van der Waals surface area contributed by atoms with Crippen LogP contribution >= 0.6 is 11.6 Å². The van der Waals surface area contributed by atoms with Crippen LogP contribution in [0.2, 0.25) is 5.15 Å². The number of aromatic nitrogens is 2. The van der Waals surface area contributed by atoms with Crippen LogP contribution in [0.1, 0.15) is 83.1 Å². The van der Waals surface area contributed by atoms with Gasteiger partial charge in [-0.1, -0.05) is 62.3 Å². The first-order chi connectivity index (χ1) is 14.2. The molecule has 5 rings (SSSR count). The van der Waals surface area contributed by atoms with Crippen molar-refractivity contribution in [1.29, 1.82) is 0 Å². The highest BCUT2D eigenvalue weighted by molar-refractivity contribution is 6.29. The van der Waals surface area contributed by atoms with Gasteiger partial charge in [0.05, 0.1) is 11.0 Å². The van der Waals surface area contributed by atoms with Crippen molar-refractivity contribution >= 4 is 22.6 Å². The first-order valence-electron chi connectivity index (χ1n) is 11.7. The van der Waals surface area contributed by atoms with E-state index in [9.17, 15) is 4.79 Å². The second-order valence-electron chi connectivity index (χ2n) is 9.38.